The molecule has 0 amide bonds. The van der Waals surface area contributed by atoms with Crippen LogP contribution in [0.1, 0.15) is 34.7 Å². The number of pyridine rings is 2. The normalized spacial score (nSPS) is 18.3. The summed E-state index contributed by atoms with van der Waals surface area (Å²) in [5, 5.41) is 4.24. The quantitative estimate of drug-likeness (QED) is 0.463. The molecule has 0 spiro atoms. The molecular formula is C25H23N5S. The zero-order valence-electron chi connectivity index (χ0n) is 17.4. The first-order chi connectivity index (χ1) is 15.1. The van der Waals surface area contributed by atoms with Crippen LogP contribution < -0.4 is 10.2 Å². The molecule has 1 aromatic carbocycles. The molecule has 4 aromatic rings. The van der Waals surface area contributed by atoms with Crippen molar-refractivity contribution in [2.75, 3.05) is 4.90 Å². The second-order valence-electron chi connectivity index (χ2n) is 7.78. The van der Waals surface area contributed by atoms with Gasteiger partial charge in [0.2, 0.25) is 0 Å². The monoisotopic (exact) mass is 425 g/mol. The highest BCUT2D eigenvalue weighted by molar-refractivity contribution is 7.80. The van der Waals surface area contributed by atoms with Gasteiger partial charge < -0.3 is 14.8 Å². The van der Waals surface area contributed by atoms with Crippen molar-refractivity contribution < 1.29 is 0 Å². The number of anilines is 1. The molecule has 5 rings (SSSR count). The van der Waals surface area contributed by atoms with E-state index in [4.69, 9.17) is 12.2 Å². The zero-order chi connectivity index (χ0) is 21.4. The van der Waals surface area contributed by atoms with Crippen molar-refractivity contribution in [3.8, 4) is 5.69 Å². The Kier molecular flexibility index (Phi) is 5.00. The van der Waals surface area contributed by atoms with Crippen molar-refractivity contribution in [3.05, 3.63) is 108 Å². The Bertz CT molecular complexity index is 1220. The second-order valence-corrected chi connectivity index (χ2v) is 8.17. The van der Waals surface area contributed by atoms with Crippen LogP contribution >= 0.6 is 12.2 Å². The van der Waals surface area contributed by atoms with Gasteiger partial charge in [0, 0.05) is 29.5 Å². The summed E-state index contributed by atoms with van der Waals surface area (Å²) in [7, 11) is 0. The van der Waals surface area contributed by atoms with Crippen LogP contribution in [0.2, 0.25) is 0 Å². The minimum atomic E-state index is -0.0843. The molecule has 2 atom stereocenters. The van der Waals surface area contributed by atoms with Gasteiger partial charge in [-0.15, -0.1) is 0 Å². The summed E-state index contributed by atoms with van der Waals surface area (Å²) in [5.41, 5.74) is 6.53. The Balaban J connectivity index is 1.71. The summed E-state index contributed by atoms with van der Waals surface area (Å²) in [6, 6.07) is 22.7. The number of nitrogens with zero attached hydrogens (tertiary/aromatic N) is 4. The van der Waals surface area contributed by atoms with Gasteiger partial charge in [0.1, 0.15) is 6.04 Å². The van der Waals surface area contributed by atoms with Gasteiger partial charge in [-0.3, -0.25) is 9.97 Å². The Hall–Kier alpha value is -3.51. The van der Waals surface area contributed by atoms with Gasteiger partial charge in [0.05, 0.1) is 23.6 Å². The molecule has 5 nitrogen and oxygen atoms in total. The average molecular weight is 426 g/mol. The molecular weight excluding hydrogens is 402 g/mol. The Morgan fingerprint density at radius 2 is 1.77 bits per heavy atom. The van der Waals surface area contributed by atoms with Gasteiger partial charge in [-0.05, 0) is 80.2 Å². The van der Waals surface area contributed by atoms with Crippen LogP contribution in [0.3, 0.4) is 0 Å². The number of hydrogen-bond acceptors (Lipinski definition) is 3. The summed E-state index contributed by atoms with van der Waals surface area (Å²) in [6.07, 6.45) is 5.52. The van der Waals surface area contributed by atoms with Crippen molar-refractivity contribution in [2.24, 2.45) is 0 Å². The van der Waals surface area contributed by atoms with Crippen molar-refractivity contribution in [1.82, 2.24) is 19.9 Å². The molecule has 1 aliphatic heterocycles. The van der Waals surface area contributed by atoms with Gasteiger partial charge in [0.15, 0.2) is 5.11 Å². The van der Waals surface area contributed by atoms with Crippen molar-refractivity contribution >= 4 is 23.0 Å². The van der Waals surface area contributed by atoms with Crippen LogP contribution in [-0.4, -0.2) is 19.6 Å². The molecule has 6 heteroatoms. The van der Waals surface area contributed by atoms with E-state index in [9.17, 15) is 0 Å². The van der Waals surface area contributed by atoms with E-state index in [0.717, 1.165) is 28.5 Å². The van der Waals surface area contributed by atoms with E-state index in [-0.39, 0.29) is 12.1 Å². The predicted molar refractivity (Wildman–Crippen MR) is 127 cm³/mol. The third-order valence-corrected chi connectivity index (χ3v) is 6.01. The zero-order valence-corrected chi connectivity index (χ0v) is 18.3. The topological polar surface area (TPSA) is 46.0 Å². The van der Waals surface area contributed by atoms with Crippen LogP contribution in [0.5, 0.6) is 0 Å². The molecule has 0 saturated carbocycles. The molecule has 1 saturated heterocycles. The number of benzene rings is 1. The lowest BCUT2D eigenvalue weighted by Gasteiger charge is -2.29. The van der Waals surface area contributed by atoms with E-state index in [1.54, 1.807) is 6.20 Å². The third kappa shape index (κ3) is 3.49. The molecule has 4 heterocycles. The van der Waals surface area contributed by atoms with Gasteiger partial charge >= 0.3 is 0 Å². The average Bonchev–Trinajstić information content (AvgIpc) is 3.34. The lowest BCUT2D eigenvalue weighted by atomic mass is 10.0. The van der Waals surface area contributed by atoms with E-state index in [1.165, 1.54) is 5.56 Å². The molecule has 0 radical (unpaired) electrons. The first-order valence-corrected chi connectivity index (χ1v) is 10.7. The highest BCUT2D eigenvalue weighted by Crippen LogP contribution is 2.42. The highest BCUT2D eigenvalue weighted by atomic mass is 32.1. The molecule has 0 aliphatic carbocycles. The number of aromatic nitrogens is 3. The minimum absolute atomic E-state index is 0.0712. The van der Waals surface area contributed by atoms with Crippen molar-refractivity contribution in [2.45, 2.75) is 25.9 Å². The fourth-order valence-electron chi connectivity index (χ4n) is 4.34. The Morgan fingerprint density at radius 3 is 2.52 bits per heavy atom. The molecule has 154 valence electrons. The number of aryl methyl sites for hydroxylation is 2. The molecule has 0 unspecified atom stereocenters. The van der Waals surface area contributed by atoms with Gasteiger partial charge in [-0.1, -0.05) is 18.2 Å². The first kappa shape index (κ1) is 19.5. The van der Waals surface area contributed by atoms with Crippen molar-refractivity contribution in [1.29, 1.82) is 0 Å². The standard InChI is InChI=1S/C25H23N5S/c1-17-7-5-8-19(15-17)30-24(23(28-25(30)31)21-10-3-4-14-27-21)22-12-11-18(2)29(22)20-9-6-13-26-16-20/h3-16,23-24H,1-2H3,(H,28,31)/t23-,24+/m0/s1. The van der Waals surface area contributed by atoms with Crippen LogP contribution in [0.25, 0.3) is 5.69 Å². The minimum Gasteiger partial charge on any atom is -0.351 e. The molecule has 0 bridgehead atoms. The van der Waals surface area contributed by atoms with Crippen LogP contribution in [-0.2, 0) is 0 Å². The van der Waals surface area contributed by atoms with Gasteiger partial charge in [-0.25, -0.2) is 0 Å². The maximum Gasteiger partial charge on any atom is 0.174 e. The maximum atomic E-state index is 5.85. The molecule has 1 fully saturated rings. The largest absolute Gasteiger partial charge is 0.351 e. The van der Waals surface area contributed by atoms with Crippen LogP contribution in [0, 0.1) is 13.8 Å². The third-order valence-electron chi connectivity index (χ3n) is 5.69. The highest BCUT2D eigenvalue weighted by Gasteiger charge is 2.42. The number of hydrogen-bond donors (Lipinski definition) is 1. The fourth-order valence-corrected chi connectivity index (χ4v) is 4.69. The van der Waals surface area contributed by atoms with Gasteiger partial charge in [0.25, 0.3) is 0 Å². The number of nitrogens with one attached hydrogen (secondary N) is 1. The summed E-state index contributed by atoms with van der Waals surface area (Å²) < 4.78 is 2.26. The Morgan fingerprint density at radius 1 is 0.903 bits per heavy atom. The summed E-state index contributed by atoms with van der Waals surface area (Å²) in [5.74, 6) is 0. The molecule has 31 heavy (non-hydrogen) atoms. The van der Waals surface area contributed by atoms with Crippen LogP contribution in [0.15, 0.2) is 85.3 Å². The molecule has 1 N–H and O–H groups in total. The summed E-state index contributed by atoms with van der Waals surface area (Å²) >= 11 is 5.85. The number of thiocarbonyl (C=S) groups is 1. The first-order valence-electron chi connectivity index (χ1n) is 10.3. The predicted octanol–water partition coefficient (Wildman–Crippen LogP) is 5.06. The SMILES string of the molecule is Cc1cccc(N2C(=S)N[C@@H](c3ccccn3)[C@H]2c2ccc(C)n2-c2cccnc2)c1. The lowest BCUT2D eigenvalue weighted by molar-refractivity contribution is 0.548. The summed E-state index contributed by atoms with van der Waals surface area (Å²) in [6.45, 7) is 4.22. The van der Waals surface area contributed by atoms with Crippen LogP contribution in [0.4, 0.5) is 5.69 Å². The molecule has 1 aliphatic rings. The lowest BCUT2D eigenvalue weighted by Crippen LogP contribution is -2.30. The summed E-state index contributed by atoms with van der Waals surface area (Å²) in [4.78, 5) is 11.2. The smallest absolute Gasteiger partial charge is 0.174 e. The van der Waals surface area contributed by atoms with E-state index in [2.05, 4.69) is 87.1 Å². The van der Waals surface area contributed by atoms with Crippen molar-refractivity contribution in [3.63, 3.8) is 0 Å². The fraction of sp³-hybridized carbons (Fsp3) is 0.160. The number of rotatable bonds is 4. The van der Waals surface area contributed by atoms with E-state index < -0.39 is 0 Å². The molecule has 3 aromatic heterocycles. The second kappa shape index (κ2) is 7.96. The van der Waals surface area contributed by atoms with E-state index in [1.807, 2.05) is 30.6 Å². The van der Waals surface area contributed by atoms with E-state index >= 15 is 0 Å². The maximum absolute atomic E-state index is 5.85. The van der Waals surface area contributed by atoms with E-state index in [0.29, 0.717) is 5.11 Å². The Labute approximate surface area is 187 Å². The van der Waals surface area contributed by atoms with Gasteiger partial charge in [-0.2, -0.15) is 0 Å².